The molecule has 0 aliphatic rings. The lowest BCUT2D eigenvalue weighted by Gasteiger charge is -2.08. The zero-order chi connectivity index (χ0) is 18.3. The minimum atomic E-state index is -0.550. The van der Waals surface area contributed by atoms with Crippen LogP contribution >= 0.6 is 0 Å². The minimum Gasteiger partial charge on any atom is -0.423 e. The fraction of sp³-hybridized carbons (Fsp3) is 0.611. The molecule has 0 spiro atoms. The third kappa shape index (κ3) is 10.8. The molecule has 7 heteroatoms. The van der Waals surface area contributed by atoms with E-state index in [0.717, 1.165) is 5.56 Å². The molecule has 0 heterocycles. The Labute approximate surface area is 148 Å². The summed E-state index contributed by atoms with van der Waals surface area (Å²) in [5, 5.41) is 0. The Morgan fingerprint density at radius 1 is 0.920 bits per heavy atom. The summed E-state index contributed by atoms with van der Waals surface area (Å²) >= 11 is 0. The highest BCUT2D eigenvalue weighted by Gasteiger charge is 2.09. The lowest BCUT2D eigenvalue weighted by molar-refractivity contribution is -0.135. The van der Waals surface area contributed by atoms with Gasteiger partial charge in [0.25, 0.3) is 0 Å². The highest BCUT2D eigenvalue weighted by molar-refractivity contribution is 5.72. The molecule has 0 aliphatic carbocycles. The van der Waals surface area contributed by atoms with Gasteiger partial charge >= 0.3 is 5.97 Å². The van der Waals surface area contributed by atoms with Gasteiger partial charge in [-0.3, -0.25) is 4.79 Å². The van der Waals surface area contributed by atoms with Crippen LogP contribution in [-0.4, -0.2) is 58.8 Å². The Hall–Kier alpha value is -1.54. The van der Waals surface area contributed by atoms with Gasteiger partial charge in [0.15, 0.2) is 11.6 Å². The molecule has 0 bridgehead atoms. The van der Waals surface area contributed by atoms with Crippen LogP contribution in [0.1, 0.15) is 18.9 Å². The second-order valence-electron chi connectivity index (χ2n) is 5.19. The van der Waals surface area contributed by atoms with E-state index in [-0.39, 0.29) is 18.8 Å². The average Bonchev–Trinajstić information content (AvgIpc) is 2.58. The van der Waals surface area contributed by atoms with Gasteiger partial charge in [-0.15, -0.1) is 0 Å². The second-order valence-corrected chi connectivity index (χ2v) is 5.19. The first-order valence-corrected chi connectivity index (χ1v) is 8.41. The van der Waals surface area contributed by atoms with Crippen molar-refractivity contribution in [2.45, 2.75) is 20.3 Å². The maximum Gasteiger partial charge on any atom is 0.313 e. The zero-order valence-corrected chi connectivity index (χ0v) is 14.9. The van der Waals surface area contributed by atoms with Crippen LogP contribution in [0.15, 0.2) is 18.2 Å². The molecule has 1 aromatic rings. The van der Waals surface area contributed by atoms with Crippen molar-refractivity contribution in [2.24, 2.45) is 0 Å². The van der Waals surface area contributed by atoms with Gasteiger partial charge < -0.3 is 23.7 Å². The first-order chi connectivity index (χ1) is 12.1. The third-order valence-electron chi connectivity index (χ3n) is 3.08. The summed E-state index contributed by atoms with van der Waals surface area (Å²) in [5.74, 6) is -1.15. The molecule has 25 heavy (non-hydrogen) atoms. The van der Waals surface area contributed by atoms with Crippen LogP contribution in [0.5, 0.6) is 5.75 Å². The average molecular weight is 358 g/mol. The number of rotatable bonds is 14. The molecule has 0 aliphatic heterocycles. The van der Waals surface area contributed by atoms with Crippen molar-refractivity contribution in [3.63, 3.8) is 0 Å². The van der Waals surface area contributed by atoms with Crippen molar-refractivity contribution >= 4 is 5.97 Å². The lowest BCUT2D eigenvalue weighted by Crippen LogP contribution is -2.15. The third-order valence-corrected chi connectivity index (χ3v) is 3.08. The number of esters is 1. The summed E-state index contributed by atoms with van der Waals surface area (Å²) in [6, 6.07) is 4.44. The van der Waals surface area contributed by atoms with Crippen LogP contribution in [0.3, 0.4) is 0 Å². The van der Waals surface area contributed by atoms with Crippen molar-refractivity contribution in [1.82, 2.24) is 0 Å². The van der Waals surface area contributed by atoms with Crippen LogP contribution in [0.4, 0.5) is 4.39 Å². The van der Waals surface area contributed by atoms with Crippen LogP contribution in [0.2, 0.25) is 0 Å². The Kier molecular flexibility index (Phi) is 11.8. The lowest BCUT2D eigenvalue weighted by atomic mass is 10.2. The fourth-order valence-electron chi connectivity index (χ4n) is 1.82. The Morgan fingerprint density at radius 2 is 1.48 bits per heavy atom. The molecule has 0 atom stereocenters. The summed E-state index contributed by atoms with van der Waals surface area (Å²) in [4.78, 5) is 11.6. The largest absolute Gasteiger partial charge is 0.423 e. The van der Waals surface area contributed by atoms with E-state index in [4.69, 9.17) is 23.7 Å². The van der Waals surface area contributed by atoms with Gasteiger partial charge in [-0.05, 0) is 31.5 Å². The molecule has 0 radical (unpaired) electrons. The molecule has 1 rings (SSSR count). The Morgan fingerprint density at radius 3 is 2.04 bits per heavy atom. The summed E-state index contributed by atoms with van der Waals surface area (Å²) in [6.45, 7) is 7.47. The van der Waals surface area contributed by atoms with Crippen LogP contribution < -0.4 is 4.74 Å². The summed E-state index contributed by atoms with van der Waals surface area (Å²) in [5.41, 5.74) is 0.764. The molecule has 0 saturated carbocycles. The molecule has 0 unspecified atom stereocenters. The van der Waals surface area contributed by atoms with Crippen molar-refractivity contribution in [2.75, 3.05) is 52.9 Å². The van der Waals surface area contributed by atoms with Gasteiger partial charge in [0.2, 0.25) is 0 Å². The van der Waals surface area contributed by atoms with Gasteiger partial charge in [0, 0.05) is 6.61 Å². The smallest absolute Gasteiger partial charge is 0.313 e. The molecule has 142 valence electrons. The van der Waals surface area contributed by atoms with Gasteiger partial charge in [-0.1, -0.05) is 6.07 Å². The van der Waals surface area contributed by atoms with E-state index in [9.17, 15) is 9.18 Å². The standard InChI is InChI=1S/C18H27FO6/c1-3-21-8-9-23-12-13-24-11-10-22-7-6-18(20)25-17-5-4-15(2)14-16(17)19/h4-5,14H,3,6-13H2,1-2H3. The molecule has 0 amide bonds. The number of halogens is 1. The normalized spacial score (nSPS) is 10.8. The number of carbonyl (C=O) groups excluding carboxylic acids is 1. The van der Waals surface area contributed by atoms with E-state index in [2.05, 4.69) is 0 Å². The van der Waals surface area contributed by atoms with Crippen molar-refractivity contribution < 1.29 is 32.9 Å². The number of hydrogen-bond acceptors (Lipinski definition) is 6. The van der Waals surface area contributed by atoms with Gasteiger partial charge in [0.1, 0.15) is 0 Å². The van der Waals surface area contributed by atoms with E-state index >= 15 is 0 Å². The number of benzene rings is 1. The fourth-order valence-corrected chi connectivity index (χ4v) is 1.82. The molecule has 0 saturated heterocycles. The molecule has 0 aromatic heterocycles. The maximum absolute atomic E-state index is 13.5. The Bertz CT molecular complexity index is 494. The predicted molar refractivity (Wildman–Crippen MR) is 90.3 cm³/mol. The molecular weight excluding hydrogens is 331 g/mol. The van der Waals surface area contributed by atoms with Gasteiger partial charge in [-0.25, -0.2) is 4.39 Å². The topological polar surface area (TPSA) is 63.2 Å². The summed E-state index contributed by atoms with van der Waals surface area (Å²) < 4.78 is 39.5. The van der Waals surface area contributed by atoms with Crippen LogP contribution in [0.25, 0.3) is 0 Å². The van der Waals surface area contributed by atoms with E-state index in [1.165, 1.54) is 12.1 Å². The molecular formula is C18H27FO6. The second kappa shape index (κ2) is 13.7. The van der Waals surface area contributed by atoms with Crippen molar-refractivity contribution in [3.05, 3.63) is 29.6 Å². The SMILES string of the molecule is CCOCCOCCOCCOCCC(=O)Oc1ccc(C)cc1F. The predicted octanol–water partition coefficient (Wildman–Crippen LogP) is 2.52. The molecule has 0 fully saturated rings. The zero-order valence-electron chi connectivity index (χ0n) is 14.9. The summed E-state index contributed by atoms with van der Waals surface area (Å²) in [7, 11) is 0. The first-order valence-electron chi connectivity index (χ1n) is 8.41. The highest BCUT2D eigenvalue weighted by atomic mass is 19.1. The molecule has 1 aromatic carbocycles. The monoisotopic (exact) mass is 358 g/mol. The number of aryl methyl sites for hydroxylation is 1. The van der Waals surface area contributed by atoms with E-state index < -0.39 is 11.8 Å². The van der Waals surface area contributed by atoms with Crippen molar-refractivity contribution in [3.8, 4) is 5.75 Å². The number of carbonyl (C=O) groups is 1. The van der Waals surface area contributed by atoms with E-state index in [1.54, 1.807) is 13.0 Å². The molecule has 0 N–H and O–H groups in total. The number of ether oxygens (including phenoxy) is 5. The number of hydrogen-bond donors (Lipinski definition) is 0. The van der Waals surface area contributed by atoms with Crippen molar-refractivity contribution in [1.29, 1.82) is 0 Å². The summed E-state index contributed by atoms with van der Waals surface area (Å²) in [6.07, 6.45) is 0.0495. The van der Waals surface area contributed by atoms with Crippen LogP contribution in [-0.2, 0) is 23.7 Å². The first kappa shape index (κ1) is 21.5. The highest BCUT2D eigenvalue weighted by Crippen LogP contribution is 2.18. The quantitative estimate of drug-likeness (QED) is 0.289. The molecule has 6 nitrogen and oxygen atoms in total. The van der Waals surface area contributed by atoms with Gasteiger partial charge in [0.05, 0.1) is 52.7 Å². The van der Waals surface area contributed by atoms with Crippen LogP contribution in [0, 0.1) is 12.7 Å². The minimum absolute atomic E-state index is 0.0495. The maximum atomic E-state index is 13.5. The van der Waals surface area contributed by atoms with E-state index in [1.807, 2.05) is 6.92 Å². The van der Waals surface area contributed by atoms with E-state index in [0.29, 0.717) is 46.2 Å². The Balaban J connectivity index is 1.95. The van der Waals surface area contributed by atoms with Gasteiger partial charge in [-0.2, -0.15) is 0 Å².